The van der Waals surface area contributed by atoms with Crippen molar-refractivity contribution in [2.45, 2.75) is 0 Å². The Hall–Kier alpha value is -5.19. The van der Waals surface area contributed by atoms with Crippen LogP contribution < -0.4 is 4.90 Å². The molecule has 8 aromatic rings. The SMILES string of the molecule is Brc1ccc(-c2nc3c4ccccc4c4ccccc4c3n2-c2ccc(N(c3ccccc3)c3ccccc3)cc2)cc1. The molecule has 0 atom stereocenters. The molecule has 0 saturated heterocycles. The van der Waals surface area contributed by atoms with Crippen molar-refractivity contribution >= 4 is 65.6 Å². The molecule has 3 nitrogen and oxygen atoms in total. The molecular formula is C39H26BrN3. The largest absolute Gasteiger partial charge is 0.311 e. The number of rotatable bonds is 5. The molecule has 43 heavy (non-hydrogen) atoms. The van der Waals surface area contributed by atoms with Gasteiger partial charge in [0.1, 0.15) is 5.82 Å². The minimum atomic E-state index is 0.916. The number of imidazole rings is 1. The zero-order chi connectivity index (χ0) is 28.8. The fourth-order valence-electron chi connectivity index (χ4n) is 6.10. The van der Waals surface area contributed by atoms with Crippen LogP contribution in [0, 0.1) is 0 Å². The van der Waals surface area contributed by atoms with Gasteiger partial charge in [0.15, 0.2) is 0 Å². The fourth-order valence-corrected chi connectivity index (χ4v) is 6.37. The van der Waals surface area contributed by atoms with Crippen LogP contribution in [0.25, 0.3) is 49.7 Å². The van der Waals surface area contributed by atoms with E-state index in [0.29, 0.717) is 0 Å². The second-order valence-electron chi connectivity index (χ2n) is 10.6. The summed E-state index contributed by atoms with van der Waals surface area (Å²) in [7, 11) is 0. The summed E-state index contributed by atoms with van der Waals surface area (Å²) < 4.78 is 3.37. The highest BCUT2D eigenvalue weighted by Gasteiger charge is 2.20. The molecule has 0 amide bonds. The molecule has 0 aliphatic heterocycles. The normalized spacial score (nSPS) is 11.4. The summed E-state index contributed by atoms with van der Waals surface area (Å²) in [6.45, 7) is 0. The van der Waals surface area contributed by atoms with Gasteiger partial charge >= 0.3 is 0 Å². The average molecular weight is 617 g/mol. The van der Waals surface area contributed by atoms with E-state index in [9.17, 15) is 0 Å². The predicted octanol–water partition coefficient (Wildman–Crippen LogP) is 11.2. The summed E-state index contributed by atoms with van der Waals surface area (Å²) in [5, 5.41) is 4.79. The molecule has 0 fully saturated rings. The molecule has 0 unspecified atom stereocenters. The molecule has 0 aliphatic rings. The first-order valence-electron chi connectivity index (χ1n) is 14.3. The van der Waals surface area contributed by atoms with Crippen molar-refractivity contribution in [2.24, 2.45) is 0 Å². The molecule has 204 valence electrons. The number of halogens is 1. The third-order valence-electron chi connectivity index (χ3n) is 8.03. The quantitative estimate of drug-likeness (QED) is 0.179. The Balaban J connectivity index is 1.39. The van der Waals surface area contributed by atoms with Gasteiger partial charge in [0.05, 0.1) is 11.0 Å². The molecule has 0 N–H and O–H groups in total. The lowest BCUT2D eigenvalue weighted by Crippen LogP contribution is -2.09. The number of benzene rings is 7. The van der Waals surface area contributed by atoms with E-state index in [-0.39, 0.29) is 0 Å². The van der Waals surface area contributed by atoms with Crippen LogP contribution in [0.4, 0.5) is 17.1 Å². The van der Waals surface area contributed by atoms with Gasteiger partial charge in [0.25, 0.3) is 0 Å². The molecule has 0 aliphatic carbocycles. The Morgan fingerprint density at radius 2 is 0.953 bits per heavy atom. The summed E-state index contributed by atoms with van der Waals surface area (Å²) >= 11 is 3.61. The van der Waals surface area contributed by atoms with E-state index in [1.807, 2.05) is 0 Å². The van der Waals surface area contributed by atoms with Gasteiger partial charge in [0, 0.05) is 43.6 Å². The molecule has 0 spiro atoms. The number of para-hydroxylation sites is 2. The first-order chi connectivity index (χ1) is 21.3. The Bertz CT molecular complexity index is 2180. The maximum Gasteiger partial charge on any atom is 0.145 e. The van der Waals surface area contributed by atoms with Crippen LogP contribution in [0.2, 0.25) is 0 Å². The Kier molecular flexibility index (Phi) is 6.27. The summed E-state index contributed by atoms with van der Waals surface area (Å²) in [6.07, 6.45) is 0. The number of nitrogens with zero attached hydrogens (tertiary/aromatic N) is 3. The number of fused-ring (bicyclic) bond motifs is 6. The second-order valence-corrected chi connectivity index (χ2v) is 11.5. The predicted molar refractivity (Wildman–Crippen MR) is 184 cm³/mol. The van der Waals surface area contributed by atoms with Gasteiger partial charge < -0.3 is 4.90 Å². The van der Waals surface area contributed by atoms with Crippen LogP contribution in [-0.4, -0.2) is 9.55 Å². The van der Waals surface area contributed by atoms with Gasteiger partial charge in [-0.25, -0.2) is 4.98 Å². The number of hydrogen-bond acceptors (Lipinski definition) is 2. The molecule has 0 bridgehead atoms. The van der Waals surface area contributed by atoms with Crippen molar-refractivity contribution in [1.82, 2.24) is 9.55 Å². The third-order valence-corrected chi connectivity index (χ3v) is 8.56. The fraction of sp³-hybridized carbons (Fsp3) is 0. The Morgan fingerprint density at radius 3 is 1.56 bits per heavy atom. The zero-order valence-corrected chi connectivity index (χ0v) is 24.8. The first kappa shape index (κ1) is 25.5. The van der Waals surface area contributed by atoms with Crippen molar-refractivity contribution in [3.05, 3.63) is 162 Å². The zero-order valence-electron chi connectivity index (χ0n) is 23.2. The maximum absolute atomic E-state index is 5.36. The van der Waals surface area contributed by atoms with Crippen LogP contribution in [0.1, 0.15) is 0 Å². The molecule has 0 radical (unpaired) electrons. The lowest BCUT2D eigenvalue weighted by molar-refractivity contribution is 1.10. The van der Waals surface area contributed by atoms with Gasteiger partial charge in [-0.1, -0.05) is 113 Å². The Labute approximate surface area is 258 Å². The minimum Gasteiger partial charge on any atom is -0.311 e. The summed E-state index contributed by atoms with van der Waals surface area (Å²) in [5.41, 5.74) is 7.56. The smallest absolute Gasteiger partial charge is 0.145 e. The molecule has 1 aromatic heterocycles. The van der Waals surface area contributed by atoms with Crippen molar-refractivity contribution < 1.29 is 0 Å². The highest BCUT2D eigenvalue weighted by Crippen LogP contribution is 2.40. The number of anilines is 3. The molecule has 0 saturated carbocycles. The Morgan fingerprint density at radius 1 is 0.465 bits per heavy atom. The molecule has 1 heterocycles. The van der Waals surface area contributed by atoms with E-state index in [2.05, 4.69) is 183 Å². The lowest BCUT2D eigenvalue weighted by Gasteiger charge is -2.25. The average Bonchev–Trinajstić information content (AvgIpc) is 3.48. The standard InChI is InChI=1S/C39H26BrN3/c40-28-21-19-27(20-22-28)39-41-37-35-17-9-7-15-33(35)34-16-8-10-18-36(34)38(37)43(39)32-25-23-31(24-26-32)42(29-11-3-1-4-12-29)30-13-5-2-6-14-30/h1-26H. The van der Waals surface area contributed by atoms with Crippen LogP contribution in [0.15, 0.2) is 162 Å². The van der Waals surface area contributed by atoms with Gasteiger partial charge in [0.2, 0.25) is 0 Å². The van der Waals surface area contributed by atoms with E-state index in [1.165, 1.54) is 16.2 Å². The second kappa shape index (κ2) is 10.6. The van der Waals surface area contributed by atoms with Gasteiger partial charge in [-0.3, -0.25) is 4.57 Å². The van der Waals surface area contributed by atoms with Gasteiger partial charge in [-0.2, -0.15) is 0 Å². The minimum absolute atomic E-state index is 0.916. The van der Waals surface area contributed by atoms with Crippen molar-refractivity contribution in [1.29, 1.82) is 0 Å². The monoisotopic (exact) mass is 615 g/mol. The van der Waals surface area contributed by atoms with Crippen LogP contribution in [0.3, 0.4) is 0 Å². The van der Waals surface area contributed by atoms with E-state index in [4.69, 9.17) is 4.98 Å². The van der Waals surface area contributed by atoms with Crippen molar-refractivity contribution in [3.63, 3.8) is 0 Å². The van der Waals surface area contributed by atoms with Crippen molar-refractivity contribution in [3.8, 4) is 17.1 Å². The molecule has 7 aromatic carbocycles. The maximum atomic E-state index is 5.36. The van der Waals surface area contributed by atoms with Crippen molar-refractivity contribution in [2.75, 3.05) is 4.90 Å². The van der Waals surface area contributed by atoms with E-state index in [0.717, 1.165) is 55.0 Å². The molecule has 8 rings (SSSR count). The molecule has 4 heteroatoms. The lowest BCUT2D eigenvalue weighted by atomic mass is 10.00. The summed E-state index contributed by atoms with van der Waals surface area (Å²) in [6, 6.07) is 55.5. The highest BCUT2D eigenvalue weighted by atomic mass is 79.9. The van der Waals surface area contributed by atoms with Crippen LogP contribution in [-0.2, 0) is 0 Å². The topological polar surface area (TPSA) is 21.1 Å². The summed E-state index contributed by atoms with van der Waals surface area (Å²) in [5.74, 6) is 0.916. The summed E-state index contributed by atoms with van der Waals surface area (Å²) in [4.78, 5) is 7.64. The van der Waals surface area contributed by atoms with E-state index >= 15 is 0 Å². The van der Waals surface area contributed by atoms with Crippen LogP contribution in [0.5, 0.6) is 0 Å². The van der Waals surface area contributed by atoms with E-state index < -0.39 is 0 Å². The third kappa shape index (κ3) is 4.39. The van der Waals surface area contributed by atoms with E-state index in [1.54, 1.807) is 0 Å². The first-order valence-corrected chi connectivity index (χ1v) is 15.1. The van der Waals surface area contributed by atoms with Gasteiger partial charge in [-0.15, -0.1) is 0 Å². The highest BCUT2D eigenvalue weighted by molar-refractivity contribution is 9.10. The van der Waals surface area contributed by atoms with Crippen LogP contribution >= 0.6 is 15.9 Å². The number of hydrogen-bond donors (Lipinski definition) is 0. The van der Waals surface area contributed by atoms with Gasteiger partial charge in [-0.05, 0) is 71.4 Å². The molecular weight excluding hydrogens is 590 g/mol. The number of aromatic nitrogens is 2.